The van der Waals surface area contributed by atoms with E-state index in [1.807, 2.05) is 60.7 Å². The molecule has 0 bridgehead atoms. The van der Waals surface area contributed by atoms with Gasteiger partial charge in [0.1, 0.15) is 11.5 Å². The van der Waals surface area contributed by atoms with Gasteiger partial charge in [-0.05, 0) is 154 Å². The van der Waals surface area contributed by atoms with Crippen LogP contribution in [0, 0.1) is 0 Å². The molecule has 9 aromatic carbocycles. The molecule has 0 amide bonds. The fourth-order valence-corrected chi connectivity index (χ4v) is 7.76. The molecule has 9 rings (SSSR count). The summed E-state index contributed by atoms with van der Waals surface area (Å²) in [6, 6.07) is 82.4. The predicted molar refractivity (Wildman–Crippen MR) is 259 cm³/mol. The standard InChI is InChI=1S/C58H44N2O2/c61-55-37-33-53(34-38-55)59(49-17-9-3-10-18-49)51-29-21-43(22-30-51)41-57(45-13-5-1-6-14-45)47-25-27-48(28-26-47)58(46-15-7-2-8-16-46)42-44-23-31-52(32-24-44)60(50-19-11-4-12-20-50)54-35-39-56(62)40-36-54/h1-42,61-62H. The lowest BCUT2D eigenvalue weighted by Gasteiger charge is -2.25. The van der Waals surface area contributed by atoms with Crippen LogP contribution in [-0.4, -0.2) is 10.2 Å². The molecule has 0 saturated carbocycles. The van der Waals surface area contributed by atoms with Crippen molar-refractivity contribution in [1.82, 2.24) is 0 Å². The van der Waals surface area contributed by atoms with Crippen LogP contribution < -0.4 is 9.80 Å². The zero-order valence-corrected chi connectivity index (χ0v) is 34.0. The van der Waals surface area contributed by atoms with Gasteiger partial charge in [-0.2, -0.15) is 0 Å². The Kier molecular flexibility index (Phi) is 11.5. The van der Waals surface area contributed by atoms with Crippen LogP contribution in [0.1, 0.15) is 33.4 Å². The van der Waals surface area contributed by atoms with Crippen molar-refractivity contribution in [3.05, 3.63) is 276 Å². The summed E-state index contributed by atoms with van der Waals surface area (Å²) in [5.74, 6) is 0.473. The Hall–Kier alpha value is -8.34. The predicted octanol–water partition coefficient (Wildman–Crippen LogP) is 15.2. The number of nitrogens with zero attached hydrogens (tertiary/aromatic N) is 2. The second-order valence-electron chi connectivity index (χ2n) is 15.0. The topological polar surface area (TPSA) is 46.9 Å². The molecule has 0 aromatic heterocycles. The molecule has 0 spiro atoms. The van der Waals surface area contributed by atoms with Crippen molar-refractivity contribution in [2.45, 2.75) is 0 Å². The third kappa shape index (κ3) is 8.96. The average Bonchev–Trinajstić information content (AvgIpc) is 3.34. The summed E-state index contributed by atoms with van der Waals surface area (Å²) in [6.07, 6.45) is 4.52. The van der Waals surface area contributed by atoms with Crippen LogP contribution in [0.4, 0.5) is 34.1 Å². The first-order chi connectivity index (χ1) is 30.6. The van der Waals surface area contributed by atoms with Crippen molar-refractivity contribution < 1.29 is 10.2 Å². The molecular formula is C58H44N2O2. The van der Waals surface area contributed by atoms with E-state index in [9.17, 15) is 10.2 Å². The van der Waals surface area contributed by atoms with Crippen molar-refractivity contribution in [2.24, 2.45) is 0 Å². The number of benzene rings is 9. The molecule has 0 atom stereocenters. The number of hydrogen-bond donors (Lipinski definition) is 2. The second kappa shape index (κ2) is 18.3. The molecule has 4 heteroatoms. The Balaban J connectivity index is 1.04. The molecule has 9 aromatic rings. The normalized spacial score (nSPS) is 11.5. The van der Waals surface area contributed by atoms with Crippen LogP contribution in [0.5, 0.6) is 11.5 Å². The van der Waals surface area contributed by atoms with E-state index in [1.165, 1.54) is 0 Å². The average molecular weight is 801 g/mol. The Bertz CT molecular complexity index is 2690. The third-order valence-electron chi connectivity index (χ3n) is 10.8. The van der Waals surface area contributed by atoms with E-state index in [-0.39, 0.29) is 11.5 Å². The zero-order chi connectivity index (χ0) is 42.1. The van der Waals surface area contributed by atoms with Crippen LogP contribution in [0.15, 0.2) is 243 Å². The second-order valence-corrected chi connectivity index (χ2v) is 15.0. The van der Waals surface area contributed by atoms with E-state index < -0.39 is 0 Å². The van der Waals surface area contributed by atoms with Crippen LogP contribution in [-0.2, 0) is 0 Å². The zero-order valence-electron chi connectivity index (χ0n) is 34.0. The van der Waals surface area contributed by atoms with Crippen molar-refractivity contribution in [1.29, 1.82) is 0 Å². The van der Waals surface area contributed by atoms with Gasteiger partial charge < -0.3 is 20.0 Å². The molecular weight excluding hydrogens is 757 g/mol. The minimum atomic E-state index is 0.237. The lowest BCUT2D eigenvalue weighted by Crippen LogP contribution is -2.09. The van der Waals surface area contributed by atoms with E-state index >= 15 is 0 Å². The van der Waals surface area contributed by atoms with Gasteiger partial charge in [-0.1, -0.05) is 146 Å². The molecule has 0 heterocycles. The molecule has 0 fully saturated rings. The maximum atomic E-state index is 10.00. The summed E-state index contributed by atoms with van der Waals surface area (Å²) in [6.45, 7) is 0. The van der Waals surface area contributed by atoms with Crippen LogP contribution in [0.3, 0.4) is 0 Å². The molecule has 0 radical (unpaired) electrons. The first-order valence-corrected chi connectivity index (χ1v) is 20.7. The largest absolute Gasteiger partial charge is 0.508 e. The minimum absolute atomic E-state index is 0.237. The van der Waals surface area contributed by atoms with E-state index in [4.69, 9.17) is 0 Å². The Morgan fingerprint density at radius 2 is 0.500 bits per heavy atom. The van der Waals surface area contributed by atoms with E-state index in [0.29, 0.717) is 0 Å². The van der Waals surface area contributed by atoms with Crippen LogP contribution >= 0.6 is 0 Å². The summed E-state index contributed by atoms with van der Waals surface area (Å²) in [7, 11) is 0. The fourth-order valence-electron chi connectivity index (χ4n) is 7.76. The summed E-state index contributed by atoms with van der Waals surface area (Å²) in [5.41, 5.74) is 15.0. The summed E-state index contributed by atoms with van der Waals surface area (Å²) >= 11 is 0. The highest BCUT2D eigenvalue weighted by atomic mass is 16.3. The van der Waals surface area contributed by atoms with Gasteiger partial charge >= 0.3 is 0 Å². The first-order valence-electron chi connectivity index (χ1n) is 20.7. The Morgan fingerprint density at radius 1 is 0.258 bits per heavy atom. The van der Waals surface area contributed by atoms with Crippen molar-refractivity contribution in [2.75, 3.05) is 9.80 Å². The number of para-hydroxylation sites is 2. The van der Waals surface area contributed by atoms with E-state index in [0.717, 1.165) is 78.7 Å². The number of aromatic hydroxyl groups is 2. The summed E-state index contributed by atoms with van der Waals surface area (Å²) in [4.78, 5) is 4.38. The molecule has 62 heavy (non-hydrogen) atoms. The SMILES string of the molecule is Oc1ccc(N(c2ccccc2)c2ccc(C=C(c3ccccc3)c3ccc(C(=Cc4ccc(N(c5ccccc5)c5ccc(O)cc5)cc4)c4ccccc4)cc3)cc2)cc1. The molecule has 0 unspecified atom stereocenters. The van der Waals surface area contributed by atoms with Gasteiger partial charge in [0.05, 0.1) is 0 Å². The van der Waals surface area contributed by atoms with Gasteiger partial charge in [0.25, 0.3) is 0 Å². The quantitative estimate of drug-likeness (QED) is 0.121. The van der Waals surface area contributed by atoms with E-state index in [1.54, 1.807) is 24.3 Å². The molecule has 4 nitrogen and oxygen atoms in total. The fraction of sp³-hybridized carbons (Fsp3) is 0. The van der Waals surface area contributed by atoms with Crippen molar-refractivity contribution in [3.63, 3.8) is 0 Å². The highest BCUT2D eigenvalue weighted by Gasteiger charge is 2.15. The molecule has 2 N–H and O–H groups in total. The summed E-state index contributed by atoms with van der Waals surface area (Å²) in [5, 5.41) is 20.0. The van der Waals surface area contributed by atoms with Gasteiger partial charge in [0, 0.05) is 34.1 Å². The molecule has 0 aliphatic carbocycles. The van der Waals surface area contributed by atoms with Gasteiger partial charge in [-0.15, -0.1) is 0 Å². The molecule has 298 valence electrons. The van der Waals surface area contributed by atoms with Crippen molar-refractivity contribution >= 4 is 57.4 Å². The number of phenols is 2. The molecule has 0 aliphatic rings. The number of hydrogen-bond acceptors (Lipinski definition) is 4. The maximum Gasteiger partial charge on any atom is 0.115 e. The molecule has 0 aliphatic heterocycles. The van der Waals surface area contributed by atoms with Crippen LogP contribution in [0.2, 0.25) is 0 Å². The molecule has 0 saturated heterocycles. The highest BCUT2D eigenvalue weighted by molar-refractivity contribution is 5.95. The number of anilines is 6. The highest BCUT2D eigenvalue weighted by Crippen LogP contribution is 2.38. The Labute approximate surface area is 363 Å². The number of phenolic OH excluding ortho intramolecular Hbond substituents is 2. The smallest absolute Gasteiger partial charge is 0.115 e. The van der Waals surface area contributed by atoms with E-state index in [2.05, 4.69) is 180 Å². The lowest BCUT2D eigenvalue weighted by atomic mass is 9.91. The minimum Gasteiger partial charge on any atom is -0.508 e. The first kappa shape index (κ1) is 39.1. The number of rotatable bonds is 12. The Morgan fingerprint density at radius 3 is 0.806 bits per heavy atom. The van der Waals surface area contributed by atoms with Gasteiger partial charge in [-0.25, -0.2) is 0 Å². The van der Waals surface area contributed by atoms with Gasteiger partial charge in [-0.3, -0.25) is 0 Å². The van der Waals surface area contributed by atoms with Crippen molar-refractivity contribution in [3.8, 4) is 11.5 Å². The maximum absolute atomic E-state index is 10.00. The van der Waals surface area contributed by atoms with Crippen LogP contribution in [0.25, 0.3) is 23.3 Å². The monoisotopic (exact) mass is 800 g/mol. The summed E-state index contributed by atoms with van der Waals surface area (Å²) < 4.78 is 0. The lowest BCUT2D eigenvalue weighted by molar-refractivity contribution is 0.475. The van der Waals surface area contributed by atoms with Gasteiger partial charge in [0.15, 0.2) is 0 Å². The third-order valence-corrected chi connectivity index (χ3v) is 10.8. The van der Waals surface area contributed by atoms with Gasteiger partial charge in [0.2, 0.25) is 0 Å².